The van der Waals surface area contributed by atoms with Crippen molar-refractivity contribution >= 4 is 15.9 Å². The molecule has 3 heteroatoms. The first-order chi connectivity index (χ1) is 9.70. The molecule has 0 unspecified atom stereocenters. The van der Waals surface area contributed by atoms with Crippen LogP contribution in [0, 0.1) is 6.92 Å². The van der Waals surface area contributed by atoms with Crippen molar-refractivity contribution in [1.29, 1.82) is 0 Å². The minimum Gasteiger partial charge on any atom is -0.396 e. The molecule has 1 atom stereocenters. The van der Waals surface area contributed by atoms with E-state index in [1.165, 1.54) is 5.56 Å². The number of aryl methyl sites for hydroxylation is 1. The summed E-state index contributed by atoms with van der Waals surface area (Å²) < 4.78 is 6.80. The molecule has 0 heterocycles. The van der Waals surface area contributed by atoms with Crippen LogP contribution in [0.3, 0.4) is 0 Å². The first-order valence-electron chi connectivity index (χ1n) is 6.69. The molecule has 0 saturated heterocycles. The van der Waals surface area contributed by atoms with E-state index in [0.29, 0.717) is 13.2 Å². The van der Waals surface area contributed by atoms with Crippen LogP contribution in [0.5, 0.6) is 0 Å². The predicted molar refractivity (Wildman–Crippen MR) is 84.8 cm³/mol. The highest BCUT2D eigenvalue weighted by atomic mass is 79.9. The number of aliphatic hydroxyl groups excluding tert-OH is 1. The van der Waals surface area contributed by atoms with Gasteiger partial charge in [0, 0.05) is 10.4 Å². The fourth-order valence-electron chi connectivity index (χ4n) is 2.23. The first kappa shape index (κ1) is 15.2. The second kappa shape index (κ2) is 7.58. The van der Waals surface area contributed by atoms with Crippen molar-refractivity contribution < 1.29 is 9.84 Å². The number of halogens is 1. The molecule has 2 aromatic rings. The zero-order chi connectivity index (χ0) is 14.4. The fraction of sp³-hybridized carbons (Fsp3) is 0.294. The Kier molecular flexibility index (Phi) is 5.77. The molecule has 0 saturated carbocycles. The summed E-state index contributed by atoms with van der Waals surface area (Å²) in [6.45, 7) is 3.25. The highest BCUT2D eigenvalue weighted by molar-refractivity contribution is 9.10. The van der Waals surface area contributed by atoms with Gasteiger partial charge in [0.1, 0.15) is 0 Å². The summed E-state index contributed by atoms with van der Waals surface area (Å²) in [4.78, 5) is 0. The third-order valence-electron chi connectivity index (χ3n) is 3.32. The van der Waals surface area contributed by atoms with Crippen LogP contribution < -0.4 is 0 Å². The monoisotopic (exact) mass is 334 g/mol. The van der Waals surface area contributed by atoms with E-state index in [9.17, 15) is 5.11 Å². The molecule has 0 aliphatic heterocycles. The Morgan fingerprint density at radius 1 is 1.15 bits per heavy atom. The fourth-order valence-corrected chi connectivity index (χ4v) is 2.71. The molecule has 0 aliphatic carbocycles. The van der Waals surface area contributed by atoms with Crippen LogP contribution in [0.25, 0.3) is 0 Å². The van der Waals surface area contributed by atoms with E-state index >= 15 is 0 Å². The first-order valence-corrected chi connectivity index (χ1v) is 7.48. The van der Waals surface area contributed by atoms with E-state index in [0.717, 1.165) is 15.6 Å². The van der Waals surface area contributed by atoms with Crippen LogP contribution in [0.4, 0.5) is 0 Å². The highest BCUT2D eigenvalue weighted by Crippen LogP contribution is 2.23. The summed E-state index contributed by atoms with van der Waals surface area (Å²) >= 11 is 3.46. The molecule has 0 amide bonds. The van der Waals surface area contributed by atoms with Gasteiger partial charge in [-0.1, -0.05) is 52.3 Å². The Balaban J connectivity index is 1.95. The van der Waals surface area contributed by atoms with Gasteiger partial charge in [0.2, 0.25) is 0 Å². The van der Waals surface area contributed by atoms with Crippen molar-refractivity contribution in [2.75, 3.05) is 13.2 Å². The van der Waals surface area contributed by atoms with E-state index in [1.54, 1.807) is 0 Å². The summed E-state index contributed by atoms with van der Waals surface area (Å²) in [6.07, 6.45) is 0. The molecule has 0 spiro atoms. The van der Waals surface area contributed by atoms with E-state index in [1.807, 2.05) is 42.5 Å². The van der Waals surface area contributed by atoms with Crippen LogP contribution in [0.15, 0.2) is 53.0 Å². The minimum atomic E-state index is 0.0202. The summed E-state index contributed by atoms with van der Waals surface area (Å²) in [5.74, 6) is 0.0202. The lowest BCUT2D eigenvalue weighted by Gasteiger charge is -2.17. The maximum Gasteiger partial charge on any atom is 0.0717 e. The number of ether oxygens (including phenoxy) is 1. The number of hydrogen-bond donors (Lipinski definition) is 1. The summed E-state index contributed by atoms with van der Waals surface area (Å²) in [5.41, 5.74) is 3.46. The summed E-state index contributed by atoms with van der Waals surface area (Å²) in [6, 6.07) is 16.2. The van der Waals surface area contributed by atoms with Crippen molar-refractivity contribution in [3.63, 3.8) is 0 Å². The second-order valence-electron chi connectivity index (χ2n) is 4.88. The third-order valence-corrected chi connectivity index (χ3v) is 3.82. The van der Waals surface area contributed by atoms with Gasteiger partial charge in [-0.25, -0.2) is 0 Å². The van der Waals surface area contributed by atoms with Gasteiger partial charge < -0.3 is 9.84 Å². The molecule has 2 rings (SSSR count). The van der Waals surface area contributed by atoms with E-state index < -0.39 is 0 Å². The highest BCUT2D eigenvalue weighted by Gasteiger charge is 2.13. The summed E-state index contributed by atoms with van der Waals surface area (Å²) in [7, 11) is 0. The number of rotatable bonds is 6. The Hall–Kier alpha value is -1.16. The molecule has 0 bridgehead atoms. The van der Waals surface area contributed by atoms with Crippen LogP contribution in [-0.2, 0) is 11.3 Å². The van der Waals surface area contributed by atoms with Crippen LogP contribution in [0.1, 0.15) is 22.6 Å². The predicted octanol–water partition coefficient (Wildman–Crippen LogP) is 4.05. The van der Waals surface area contributed by atoms with Crippen molar-refractivity contribution in [2.45, 2.75) is 19.4 Å². The molecule has 20 heavy (non-hydrogen) atoms. The molecule has 2 nitrogen and oxygen atoms in total. The van der Waals surface area contributed by atoms with Crippen LogP contribution in [-0.4, -0.2) is 18.3 Å². The van der Waals surface area contributed by atoms with E-state index in [-0.39, 0.29) is 12.5 Å². The largest absolute Gasteiger partial charge is 0.396 e. The topological polar surface area (TPSA) is 29.5 Å². The molecule has 0 radical (unpaired) electrons. The van der Waals surface area contributed by atoms with Gasteiger partial charge in [-0.05, 0) is 35.7 Å². The Labute approximate surface area is 128 Å². The van der Waals surface area contributed by atoms with Crippen molar-refractivity contribution in [2.24, 2.45) is 0 Å². The standard InChI is InChI=1S/C17H19BrO2/c1-13-9-16(18)7-8-17(13)15(10-19)12-20-11-14-5-3-2-4-6-14/h2-9,15,19H,10-12H2,1H3/t15-/m0/s1. The number of aliphatic hydroxyl groups is 1. The maximum atomic E-state index is 9.58. The lowest BCUT2D eigenvalue weighted by molar-refractivity contribution is 0.0881. The molecule has 0 aliphatic rings. The molecule has 1 N–H and O–H groups in total. The third kappa shape index (κ3) is 4.17. The number of benzene rings is 2. The van der Waals surface area contributed by atoms with Gasteiger partial charge >= 0.3 is 0 Å². The zero-order valence-electron chi connectivity index (χ0n) is 11.6. The molecular weight excluding hydrogens is 316 g/mol. The van der Waals surface area contributed by atoms with Crippen molar-refractivity contribution in [3.05, 3.63) is 69.7 Å². The summed E-state index contributed by atoms with van der Waals surface area (Å²) in [5, 5.41) is 9.58. The van der Waals surface area contributed by atoms with Gasteiger partial charge in [-0.3, -0.25) is 0 Å². The Bertz CT molecular complexity index is 540. The van der Waals surface area contributed by atoms with Gasteiger partial charge in [0.25, 0.3) is 0 Å². The Morgan fingerprint density at radius 2 is 1.90 bits per heavy atom. The lowest BCUT2D eigenvalue weighted by Crippen LogP contribution is -2.13. The smallest absolute Gasteiger partial charge is 0.0717 e. The number of hydrogen-bond acceptors (Lipinski definition) is 2. The SMILES string of the molecule is Cc1cc(Br)ccc1[C@@H](CO)COCc1ccccc1. The van der Waals surface area contributed by atoms with E-state index in [2.05, 4.69) is 28.9 Å². The molecule has 0 fully saturated rings. The molecular formula is C17H19BrO2. The Morgan fingerprint density at radius 3 is 2.55 bits per heavy atom. The van der Waals surface area contributed by atoms with Gasteiger partial charge in [-0.2, -0.15) is 0 Å². The second-order valence-corrected chi connectivity index (χ2v) is 5.80. The molecule has 0 aromatic heterocycles. The van der Waals surface area contributed by atoms with Gasteiger partial charge in [0.15, 0.2) is 0 Å². The lowest BCUT2D eigenvalue weighted by atomic mass is 9.96. The van der Waals surface area contributed by atoms with Crippen molar-refractivity contribution in [1.82, 2.24) is 0 Å². The molecule has 106 valence electrons. The minimum absolute atomic E-state index is 0.0202. The zero-order valence-corrected chi connectivity index (χ0v) is 13.1. The molecule has 2 aromatic carbocycles. The average molecular weight is 335 g/mol. The average Bonchev–Trinajstić information content (AvgIpc) is 2.46. The quantitative estimate of drug-likeness (QED) is 0.863. The van der Waals surface area contributed by atoms with Gasteiger partial charge in [-0.15, -0.1) is 0 Å². The van der Waals surface area contributed by atoms with E-state index in [4.69, 9.17) is 4.74 Å². The van der Waals surface area contributed by atoms with Crippen LogP contribution >= 0.6 is 15.9 Å². The van der Waals surface area contributed by atoms with Crippen LogP contribution in [0.2, 0.25) is 0 Å². The maximum absolute atomic E-state index is 9.58. The van der Waals surface area contributed by atoms with Crippen molar-refractivity contribution in [3.8, 4) is 0 Å². The normalized spacial score (nSPS) is 12.3. The van der Waals surface area contributed by atoms with Gasteiger partial charge in [0.05, 0.1) is 19.8 Å².